The molecule has 1 saturated heterocycles. The van der Waals surface area contributed by atoms with Gasteiger partial charge in [-0.05, 0) is 51.1 Å². The van der Waals surface area contributed by atoms with E-state index in [-0.39, 0.29) is 11.5 Å². The summed E-state index contributed by atoms with van der Waals surface area (Å²) in [5, 5.41) is 2.81. The maximum Gasteiger partial charge on any atom is 0.253 e. The van der Waals surface area contributed by atoms with Crippen LogP contribution in [0.15, 0.2) is 39.7 Å². The lowest BCUT2D eigenvalue weighted by molar-refractivity contribution is 0.0947. The van der Waals surface area contributed by atoms with Crippen molar-refractivity contribution in [3.05, 3.63) is 57.9 Å². The van der Waals surface area contributed by atoms with Crippen LogP contribution < -0.4 is 10.9 Å². The van der Waals surface area contributed by atoms with Crippen molar-refractivity contribution in [2.75, 3.05) is 19.6 Å². The third kappa shape index (κ3) is 4.14. The van der Waals surface area contributed by atoms with Gasteiger partial charge in [-0.2, -0.15) is 0 Å². The Morgan fingerprint density at radius 3 is 2.67 bits per heavy atom. The Morgan fingerprint density at radius 2 is 1.96 bits per heavy atom. The molecule has 0 aromatic carbocycles. The van der Waals surface area contributed by atoms with Gasteiger partial charge in [-0.25, -0.2) is 0 Å². The SMILES string of the molecule is Cc1ccc(CNC(=O)c2ccc(=O)n(CCN3CCCC3)c2)o1. The quantitative estimate of drug-likeness (QED) is 0.877. The van der Waals surface area contributed by atoms with Crippen molar-refractivity contribution in [2.24, 2.45) is 0 Å². The molecule has 0 radical (unpaired) electrons. The molecule has 1 fully saturated rings. The molecule has 2 aromatic heterocycles. The second kappa shape index (κ2) is 7.49. The second-order valence-corrected chi connectivity index (χ2v) is 6.19. The summed E-state index contributed by atoms with van der Waals surface area (Å²) in [6.07, 6.45) is 4.09. The zero-order chi connectivity index (χ0) is 16.9. The van der Waals surface area contributed by atoms with Crippen molar-refractivity contribution in [2.45, 2.75) is 32.9 Å². The van der Waals surface area contributed by atoms with Crippen molar-refractivity contribution in [3.63, 3.8) is 0 Å². The zero-order valence-electron chi connectivity index (χ0n) is 14.0. The molecule has 3 rings (SSSR count). The van der Waals surface area contributed by atoms with Gasteiger partial charge in [-0.15, -0.1) is 0 Å². The van der Waals surface area contributed by atoms with Crippen LogP contribution >= 0.6 is 0 Å². The van der Waals surface area contributed by atoms with E-state index in [1.165, 1.54) is 18.9 Å². The number of carbonyl (C=O) groups is 1. The van der Waals surface area contributed by atoms with E-state index in [0.717, 1.165) is 25.4 Å². The normalized spacial score (nSPS) is 14.9. The first-order chi connectivity index (χ1) is 11.6. The average molecular weight is 329 g/mol. The van der Waals surface area contributed by atoms with Crippen LogP contribution in [0.2, 0.25) is 0 Å². The van der Waals surface area contributed by atoms with E-state index in [1.807, 2.05) is 19.1 Å². The van der Waals surface area contributed by atoms with E-state index in [1.54, 1.807) is 16.8 Å². The van der Waals surface area contributed by atoms with Gasteiger partial charge < -0.3 is 19.2 Å². The van der Waals surface area contributed by atoms with Gasteiger partial charge in [-0.1, -0.05) is 0 Å². The van der Waals surface area contributed by atoms with Gasteiger partial charge in [0.25, 0.3) is 11.5 Å². The first-order valence-electron chi connectivity index (χ1n) is 8.38. The summed E-state index contributed by atoms with van der Waals surface area (Å²) in [6.45, 7) is 5.84. The smallest absolute Gasteiger partial charge is 0.253 e. The molecular weight excluding hydrogens is 306 g/mol. The number of pyridine rings is 1. The van der Waals surface area contributed by atoms with E-state index >= 15 is 0 Å². The van der Waals surface area contributed by atoms with E-state index < -0.39 is 0 Å². The Kier molecular flexibility index (Phi) is 5.15. The van der Waals surface area contributed by atoms with Gasteiger partial charge in [-0.3, -0.25) is 9.59 Å². The predicted molar refractivity (Wildman–Crippen MR) is 91.0 cm³/mol. The molecule has 0 unspecified atom stereocenters. The summed E-state index contributed by atoms with van der Waals surface area (Å²) in [6, 6.07) is 6.72. The van der Waals surface area contributed by atoms with Crippen LogP contribution in [0, 0.1) is 6.92 Å². The Labute approximate surface area is 141 Å². The average Bonchev–Trinajstić information content (AvgIpc) is 3.23. The largest absolute Gasteiger partial charge is 0.465 e. The highest BCUT2D eigenvalue weighted by Crippen LogP contribution is 2.08. The first-order valence-corrected chi connectivity index (χ1v) is 8.38. The molecule has 0 bridgehead atoms. The van der Waals surface area contributed by atoms with E-state index in [4.69, 9.17) is 4.42 Å². The van der Waals surface area contributed by atoms with Crippen LogP contribution in [-0.4, -0.2) is 35.0 Å². The Balaban J connectivity index is 1.61. The number of nitrogens with one attached hydrogen (secondary N) is 1. The molecule has 1 aliphatic heterocycles. The number of carbonyl (C=O) groups excluding carboxylic acids is 1. The molecule has 0 atom stereocenters. The fourth-order valence-electron chi connectivity index (χ4n) is 2.95. The topological polar surface area (TPSA) is 67.5 Å². The lowest BCUT2D eigenvalue weighted by Gasteiger charge is -2.15. The van der Waals surface area contributed by atoms with E-state index in [2.05, 4.69) is 10.2 Å². The highest BCUT2D eigenvalue weighted by atomic mass is 16.3. The summed E-state index contributed by atoms with van der Waals surface area (Å²) in [5.74, 6) is 1.32. The Morgan fingerprint density at radius 1 is 1.17 bits per heavy atom. The van der Waals surface area contributed by atoms with Crippen molar-refractivity contribution in [3.8, 4) is 0 Å². The molecule has 0 saturated carbocycles. The number of hydrogen-bond acceptors (Lipinski definition) is 4. The summed E-state index contributed by atoms with van der Waals surface area (Å²) in [5.41, 5.74) is 0.409. The minimum atomic E-state index is -0.209. The van der Waals surface area contributed by atoms with E-state index in [0.29, 0.717) is 24.4 Å². The van der Waals surface area contributed by atoms with Crippen LogP contribution in [0.1, 0.15) is 34.7 Å². The maximum absolute atomic E-state index is 12.3. The molecule has 6 nitrogen and oxygen atoms in total. The molecular formula is C18H23N3O3. The third-order valence-corrected chi connectivity index (χ3v) is 4.32. The van der Waals surface area contributed by atoms with Gasteiger partial charge in [0.1, 0.15) is 11.5 Å². The van der Waals surface area contributed by atoms with Crippen LogP contribution in [0.4, 0.5) is 0 Å². The van der Waals surface area contributed by atoms with Gasteiger partial charge in [0.15, 0.2) is 0 Å². The predicted octanol–water partition coefficient (Wildman–Crippen LogP) is 1.78. The molecule has 3 heterocycles. The molecule has 128 valence electrons. The number of likely N-dealkylation sites (tertiary alicyclic amines) is 1. The van der Waals surface area contributed by atoms with Crippen molar-refractivity contribution in [1.29, 1.82) is 0 Å². The highest BCUT2D eigenvalue weighted by molar-refractivity contribution is 5.93. The van der Waals surface area contributed by atoms with Gasteiger partial charge >= 0.3 is 0 Å². The monoisotopic (exact) mass is 329 g/mol. The molecule has 6 heteroatoms. The number of nitrogens with zero attached hydrogens (tertiary/aromatic N) is 2. The summed E-state index contributed by atoms with van der Waals surface area (Å²) >= 11 is 0. The number of aryl methyl sites for hydroxylation is 1. The van der Waals surface area contributed by atoms with Crippen LogP contribution in [0.3, 0.4) is 0 Å². The maximum atomic E-state index is 12.3. The number of hydrogen-bond donors (Lipinski definition) is 1. The number of amides is 1. The van der Waals surface area contributed by atoms with Crippen molar-refractivity contribution >= 4 is 5.91 Å². The van der Waals surface area contributed by atoms with Crippen LogP contribution in [0.5, 0.6) is 0 Å². The fourth-order valence-corrected chi connectivity index (χ4v) is 2.95. The minimum absolute atomic E-state index is 0.0765. The van der Waals surface area contributed by atoms with Gasteiger partial charge in [0, 0.05) is 25.4 Å². The molecule has 1 aliphatic rings. The minimum Gasteiger partial charge on any atom is -0.465 e. The molecule has 2 aromatic rings. The summed E-state index contributed by atoms with van der Waals surface area (Å²) in [7, 11) is 0. The second-order valence-electron chi connectivity index (χ2n) is 6.19. The Hall–Kier alpha value is -2.34. The van der Waals surface area contributed by atoms with Gasteiger partial charge in [0.05, 0.1) is 12.1 Å². The molecule has 0 aliphatic carbocycles. The van der Waals surface area contributed by atoms with Gasteiger partial charge in [0.2, 0.25) is 0 Å². The van der Waals surface area contributed by atoms with Crippen LogP contribution in [0.25, 0.3) is 0 Å². The number of furan rings is 1. The van der Waals surface area contributed by atoms with E-state index in [9.17, 15) is 9.59 Å². The number of rotatable bonds is 6. The zero-order valence-corrected chi connectivity index (χ0v) is 14.0. The summed E-state index contributed by atoms with van der Waals surface area (Å²) < 4.78 is 7.05. The number of aromatic nitrogens is 1. The first kappa shape index (κ1) is 16.5. The van der Waals surface area contributed by atoms with Crippen molar-refractivity contribution < 1.29 is 9.21 Å². The molecule has 1 N–H and O–H groups in total. The highest BCUT2D eigenvalue weighted by Gasteiger charge is 2.12. The lowest BCUT2D eigenvalue weighted by atomic mass is 10.2. The fraction of sp³-hybridized carbons (Fsp3) is 0.444. The molecule has 0 spiro atoms. The third-order valence-electron chi connectivity index (χ3n) is 4.32. The van der Waals surface area contributed by atoms with Crippen molar-refractivity contribution in [1.82, 2.24) is 14.8 Å². The summed E-state index contributed by atoms with van der Waals surface area (Å²) in [4.78, 5) is 26.6. The molecule has 1 amide bonds. The Bertz CT molecular complexity index is 757. The standard InChI is InChI=1S/C18H23N3O3/c1-14-4-6-16(24-14)12-19-18(23)15-5-7-17(22)21(13-15)11-10-20-8-2-3-9-20/h4-7,13H,2-3,8-12H2,1H3,(H,19,23). The molecule has 24 heavy (non-hydrogen) atoms. The lowest BCUT2D eigenvalue weighted by Crippen LogP contribution is -2.30. The van der Waals surface area contributed by atoms with Crippen LogP contribution in [-0.2, 0) is 13.1 Å².